The Balaban J connectivity index is 1.56. The Bertz CT molecular complexity index is 2130. The fourth-order valence-corrected chi connectivity index (χ4v) is 9.39. The molecule has 1 aromatic carbocycles. The number of halogens is 1. The first kappa shape index (κ1) is 32.2. The zero-order valence-corrected chi connectivity index (χ0v) is 29.7. The smallest absolute Gasteiger partial charge is 0.338 e. The summed E-state index contributed by atoms with van der Waals surface area (Å²) in [7, 11) is 1.58. The van der Waals surface area contributed by atoms with Crippen LogP contribution in [0.5, 0.6) is 5.75 Å². The molecule has 0 radical (unpaired) electrons. The summed E-state index contributed by atoms with van der Waals surface area (Å²) in [5, 5.41) is 11.1. The van der Waals surface area contributed by atoms with Crippen molar-refractivity contribution >= 4 is 50.6 Å². The fraction of sp³-hybridized carbons (Fsp3) is 0.371. The predicted octanol–water partition coefficient (Wildman–Crippen LogP) is 6.57. The van der Waals surface area contributed by atoms with Gasteiger partial charge in [-0.15, -0.1) is 11.3 Å². The fourth-order valence-electron chi connectivity index (χ4n) is 6.55. The van der Waals surface area contributed by atoms with E-state index in [1.165, 1.54) is 21.8 Å². The highest BCUT2D eigenvalue weighted by molar-refractivity contribution is 9.10. The maximum atomic E-state index is 14.4. The second-order valence-electron chi connectivity index (χ2n) is 11.5. The molecule has 46 heavy (non-hydrogen) atoms. The average molecular weight is 720 g/mol. The quantitative estimate of drug-likeness (QED) is 0.192. The first-order valence-electron chi connectivity index (χ1n) is 15.5. The van der Waals surface area contributed by atoms with Crippen molar-refractivity contribution in [1.29, 1.82) is 5.26 Å². The number of rotatable bonds is 8. The molecule has 6 rings (SSSR count). The molecule has 1 aliphatic carbocycles. The SMILES string of the molecule is CCCC1=C(C(=O)OCC)[C@@H](c2cc(Br)ccc2OC)n2c(s/c(=C/c3cc(C)n(-c4sc5c(c4C#N)CCCC5)c3C)c2=O)=N1. The van der Waals surface area contributed by atoms with Crippen molar-refractivity contribution in [3.63, 3.8) is 0 Å². The van der Waals surface area contributed by atoms with Gasteiger partial charge in [0.1, 0.15) is 22.9 Å². The molecule has 11 heteroatoms. The van der Waals surface area contributed by atoms with Crippen LogP contribution in [0.3, 0.4) is 0 Å². The van der Waals surface area contributed by atoms with Crippen molar-refractivity contribution in [3.05, 3.63) is 98.2 Å². The summed E-state index contributed by atoms with van der Waals surface area (Å²) in [4.78, 5) is 34.7. The third kappa shape index (κ3) is 5.50. The Morgan fingerprint density at radius 3 is 2.70 bits per heavy atom. The van der Waals surface area contributed by atoms with Crippen molar-refractivity contribution in [2.24, 2.45) is 4.99 Å². The van der Waals surface area contributed by atoms with Gasteiger partial charge in [-0.05, 0) is 94.3 Å². The Morgan fingerprint density at radius 1 is 1.20 bits per heavy atom. The summed E-state index contributed by atoms with van der Waals surface area (Å²) in [6.45, 7) is 8.07. The van der Waals surface area contributed by atoms with Gasteiger partial charge in [0.05, 0.1) is 35.1 Å². The second-order valence-corrected chi connectivity index (χ2v) is 14.5. The van der Waals surface area contributed by atoms with Crippen LogP contribution in [-0.4, -0.2) is 28.8 Å². The maximum absolute atomic E-state index is 14.4. The van der Waals surface area contributed by atoms with Crippen LogP contribution in [0.1, 0.15) is 84.1 Å². The molecule has 1 atom stereocenters. The van der Waals surface area contributed by atoms with E-state index in [-0.39, 0.29) is 12.2 Å². The van der Waals surface area contributed by atoms with Gasteiger partial charge in [0.15, 0.2) is 4.80 Å². The number of ether oxygens (including phenoxy) is 2. The molecular formula is C35H35BrN4O4S2. The van der Waals surface area contributed by atoms with Crippen LogP contribution in [0.2, 0.25) is 0 Å². The van der Waals surface area contributed by atoms with E-state index in [0.29, 0.717) is 38.3 Å². The average Bonchev–Trinajstić information content (AvgIpc) is 3.65. The lowest BCUT2D eigenvalue weighted by molar-refractivity contribution is -0.139. The number of nitriles is 1. The summed E-state index contributed by atoms with van der Waals surface area (Å²) in [5.41, 5.74) is 6.20. The van der Waals surface area contributed by atoms with E-state index in [1.807, 2.05) is 45.0 Å². The van der Waals surface area contributed by atoms with Crippen LogP contribution in [0, 0.1) is 25.2 Å². The molecule has 238 valence electrons. The first-order chi connectivity index (χ1) is 22.2. The Kier molecular flexibility index (Phi) is 9.24. The molecule has 0 spiro atoms. The van der Waals surface area contributed by atoms with Crippen LogP contribution in [0.25, 0.3) is 11.1 Å². The van der Waals surface area contributed by atoms with Crippen molar-refractivity contribution in [3.8, 4) is 16.8 Å². The molecule has 4 heterocycles. The number of aryl methyl sites for hydroxylation is 2. The first-order valence-corrected chi connectivity index (χ1v) is 17.9. The van der Waals surface area contributed by atoms with Crippen molar-refractivity contribution in [1.82, 2.24) is 9.13 Å². The van der Waals surface area contributed by atoms with Crippen molar-refractivity contribution < 1.29 is 14.3 Å². The van der Waals surface area contributed by atoms with Crippen LogP contribution >= 0.6 is 38.6 Å². The lowest BCUT2D eigenvalue weighted by Gasteiger charge is -2.27. The molecule has 0 saturated carbocycles. The second kappa shape index (κ2) is 13.2. The van der Waals surface area contributed by atoms with Gasteiger partial charge >= 0.3 is 5.97 Å². The number of hydrogen-bond donors (Lipinski definition) is 0. The highest BCUT2D eigenvalue weighted by atomic mass is 79.9. The number of esters is 1. The van der Waals surface area contributed by atoms with E-state index in [0.717, 1.165) is 64.1 Å². The number of methoxy groups -OCH3 is 1. The summed E-state index contributed by atoms with van der Waals surface area (Å²) < 4.78 is 16.3. The number of carbonyl (C=O) groups excluding carboxylic acids is 1. The standard InChI is InChI=1S/C35H35BrN4O4S2/c1-6-10-26-30(34(42)44-7-2)31(24-17-22(36)13-14-27(24)43-5)40-32(41)29(46-35(40)38-26)16-21-15-19(3)39(20(21)4)33-25(18-37)23-11-8-9-12-28(23)45-33/h13-17,31H,6-12H2,1-5H3/b29-16+/t31-/m1/s1. The minimum Gasteiger partial charge on any atom is -0.496 e. The zero-order chi connectivity index (χ0) is 32.7. The predicted molar refractivity (Wildman–Crippen MR) is 185 cm³/mol. The van der Waals surface area contributed by atoms with Gasteiger partial charge in [-0.25, -0.2) is 9.79 Å². The number of nitrogens with zero attached hydrogens (tertiary/aromatic N) is 4. The molecule has 4 aromatic rings. The third-order valence-corrected chi connectivity index (χ3v) is 11.4. The molecule has 0 bridgehead atoms. The van der Waals surface area contributed by atoms with Gasteiger partial charge in [-0.1, -0.05) is 40.6 Å². The van der Waals surface area contributed by atoms with Gasteiger partial charge < -0.3 is 14.0 Å². The van der Waals surface area contributed by atoms with E-state index in [4.69, 9.17) is 14.5 Å². The Labute approximate surface area is 284 Å². The van der Waals surface area contributed by atoms with Crippen LogP contribution in [0.15, 0.2) is 49.8 Å². The molecule has 0 amide bonds. The van der Waals surface area contributed by atoms with Gasteiger partial charge in [0, 0.05) is 26.3 Å². The van der Waals surface area contributed by atoms with Crippen LogP contribution in [-0.2, 0) is 22.4 Å². The van der Waals surface area contributed by atoms with Gasteiger partial charge in [-0.3, -0.25) is 9.36 Å². The summed E-state index contributed by atoms with van der Waals surface area (Å²) in [5.74, 6) is 0.0595. The number of allylic oxidation sites excluding steroid dienone is 1. The highest BCUT2D eigenvalue weighted by Crippen LogP contribution is 2.40. The molecule has 0 N–H and O–H groups in total. The number of carbonyl (C=O) groups is 1. The van der Waals surface area contributed by atoms with Crippen LogP contribution < -0.4 is 19.6 Å². The molecule has 8 nitrogen and oxygen atoms in total. The maximum Gasteiger partial charge on any atom is 0.338 e. The summed E-state index contributed by atoms with van der Waals surface area (Å²) in [6, 6.07) is 9.34. The van der Waals surface area contributed by atoms with Gasteiger partial charge in [0.2, 0.25) is 0 Å². The number of hydrogen-bond acceptors (Lipinski definition) is 8. The lowest BCUT2D eigenvalue weighted by atomic mass is 9.93. The minimum absolute atomic E-state index is 0.199. The largest absolute Gasteiger partial charge is 0.496 e. The number of aromatic nitrogens is 2. The third-order valence-electron chi connectivity index (χ3n) is 8.60. The van der Waals surface area contributed by atoms with Crippen LogP contribution in [0.4, 0.5) is 0 Å². The number of thiazole rings is 1. The van der Waals surface area contributed by atoms with E-state index in [2.05, 4.69) is 32.6 Å². The van der Waals surface area contributed by atoms with E-state index < -0.39 is 12.0 Å². The van der Waals surface area contributed by atoms with E-state index in [9.17, 15) is 14.9 Å². The number of benzene rings is 1. The van der Waals surface area contributed by atoms with Gasteiger partial charge in [0.25, 0.3) is 5.56 Å². The number of thiophene rings is 1. The lowest BCUT2D eigenvalue weighted by Crippen LogP contribution is -2.40. The molecular weight excluding hydrogens is 684 g/mol. The Hall–Kier alpha value is -3.72. The minimum atomic E-state index is -0.783. The zero-order valence-electron chi connectivity index (χ0n) is 26.5. The molecule has 3 aromatic heterocycles. The van der Waals surface area contributed by atoms with Gasteiger partial charge in [-0.2, -0.15) is 5.26 Å². The monoisotopic (exact) mass is 718 g/mol. The normalized spacial score (nSPS) is 16.1. The molecule has 0 fully saturated rings. The number of fused-ring (bicyclic) bond motifs is 2. The molecule has 0 saturated heterocycles. The topological polar surface area (TPSA) is 98.6 Å². The summed E-state index contributed by atoms with van der Waals surface area (Å²) >= 11 is 6.59. The Morgan fingerprint density at radius 2 is 1.98 bits per heavy atom. The molecule has 1 aliphatic heterocycles. The van der Waals surface area contributed by atoms with Crippen molar-refractivity contribution in [2.45, 2.75) is 72.3 Å². The molecule has 2 aliphatic rings. The van der Waals surface area contributed by atoms with E-state index >= 15 is 0 Å². The summed E-state index contributed by atoms with van der Waals surface area (Å²) in [6.07, 6.45) is 7.45. The van der Waals surface area contributed by atoms with Crippen molar-refractivity contribution in [2.75, 3.05) is 13.7 Å². The highest BCUT2D eigenvalue weighted by Gasteiger charge is 2.36. The molecule has 0 unspecified atom stereocenters. The van der Waals surface area contributed by atoms with E-state index in [1.54, 1.807) is 29.9 Å².